The predicted octanol–water partition coefficient (Wildman–Crippen LogP) is 1.56. The van der Waals surface area contributed by atoms with Gasteiger partial charge in [-0.05, 0) is 29.8 Å². The lowest BCUT2D eigenvalue weighted by molar-refractivity contribution is -0.109. The number of carbonyl (C=O) groups is 3. The van der Waals surface area contributed by atoms with Gasteiger partial charge in [-0.2, -0.15) is 10.2 Å². The molecule has 0 bridgehead atoms. The quantitative estimate of drug-likeness (QED) is 0.567. The molecule has 2 aromatic rings. The third-order valence-electron chi connectivity index (χ3n) is 4.86. The largest absolute Gasteiger partial charge is 0.497 e. The molecule has 0 radical (unpaired) electrons. The van der Waals surface area contributed by atoms with Crippen molar-refractivity contribution in [3.8, 4) is 5.75 Å². The zero-order chi connectivity index (χ0) is 25.1. The van der Waals surface area contributed by atoms with Crippen LogP contribution in [0.4, 0.5) is 10.5 Å². The fourth-order valence-electron chi connectivity index (χ4n) is 3.12. The maximum atomic E-state index is 11.5. The van der Waals surface area contributed by atoms with Crippen LogP contribution >= 0.6 is 0 Å². The molecule has 3 N–H and O–H groups in total. The van der Waals surface area contributed by atoms with Gasteiger partial charge in [-0.15, -0.1) is 0 Å². The van der Waals surface area contributed by atoms with Gasteiger partial charge in [0.2, 0.25) is 0 Å². The average molecular weight is 470 g/mol. The van der Waals surface area contributed by atoms with Crippen LogP contribution in [0.2, 0.25) is 0 Å². The first-order valence-corrected chi connectivity index (χ1v) is 10.8. The van der Waals surface area contributed by atoms with Crippen LogP contribution in [-0.2, 0) is 11.3 Å². The lowest BCUT2D eigenvalue weighted by Gasteiger charge is -2.21. The highest BCUT2D eigenvalue weighted by Gasteiger charge is 2.27. The fourth-order valence-corrected chi connectivity index (χ4v) is 3.12. The maximum Gasteiger partial charge on any atom is 0.315 e. The number of aldehydes is 1. The summed E-state index contributed by atoms with van der Waals surface area (Å²) >= 11 is 0. The number of carbonyl (C=O) groups excluding carboxylic acids is 3. The summed E-state index contributed by atoms with van der Waals surface area (Å²) in [6.45, 7) is 4.71. The van der Waals surface area contributed by atoms with Crippen LogP contribution < -0.4 is 25.9 Å². The summed E-state index contributed by atoms with van der Waals surface area (Å²) in [6.07, 6.45) is 5.50. The number of aromatic nitrogens is 1. The Kier molecular flexibility index (Phi) is 9.96. The van der Waals surface area contributed by atoms with E-state index in [0.29, 0.717) is 12.8 Å². The molecule has 2 aliphatic rings. The zero-order valence-electron chi connectivity index (χ0n) is 20.0. The van der Waals surface area contributed by atoms with Gasteiger partial charge in [0, 0.05) is 38.6 Å². The molecule has 182 valence electrons. The van der Waals surface area contributed by atoms with Crippen molar-refractivity contribution in [2.45, 2.75) is 32.5 Å². The maximum absolute atomic E-state index is 11.5. The van der Waals surface area contributed by atoms with Gasteiger partial charge in [0.1, 0.15) is 18.1 Å². The van der Waals surface area contributed by atoms with Gasteiger partial charge in [-0.25, -0.2) is 10.2 Å². The molecule has 0 saturated heterocycles. The Balaban J connectivity index is 0.000000237. The number of nitrogens with one attached hydrogen (secondary N) is 3. The standard InChI is InChI=1S/C11H14N6O2.C10H11NO2.C2H6/c1-12-11(19)15-10(7-18)9-6-14-17(16-9)8-3-2-4-13-5-8;1-11-6-7-3-4-8(13-2)5-9(7)10(11)12;1-2/h2-7,9-10,16H,1H3,(H2,12,15,19);3-5H,6H2,1-2H3;1-2H3. The van der Waals surface area contributed by atoms with Crippen molar-refractivity contribution < 1.29 is 19.1 Å². The number of hydrazine groups is 1. The fraction of sp³-hybridized carbons (Fsp3) is 0.348. The lowest BCUT2D eigenvalue weighted by Crippen LogP contribution is -2.54. The van der Waals surface area contributed by atoms with Gasteiger partial charge < -0.3 is 25.1 Å². The number of nitrogens with zero attached hydrogens (tertiary/aromatic N) is 4. The molecule has 11 heteroatoms. The molecule has 2 aliphatic heterocycles. The Morgan fingerprint density at radius 3 is 2.71 bits per heavy atom. The number of anilines is 1. The van der Waals surface area contributed by atoms with E-state index in [1.165, 1.54) is 12.2 Å². The van der Waals surface area contributed by atoms with Crippen molar-refractivity contribution in [3.05, 3.63) is 53.9 Å². The van der Waals surface area contributed by atoms with Gasteiger partial charge in [0.25, 0.3) is 5.91 Å². The van der Waals surface area contributed by atoms with Crippen LogP contribution in [0.25, 0.3) is 0 Å². The molecule has 1 aromatic carbocycles. The van der Waals surface area contributed by atoms with Crippen LogP contribution in [0, 0.1) is 0 Å². The number of amides is 3. The molecular weight excluding hydrogens is 438 g/mol. The second-order valence-electron chi connectivity index (χ2n) is 7.01. The summed E-state index contributed by atoms with van der Waals surface area (Å²) in [5.41, 5.74) is 5.57. The average Bonchev–Trinajstić information content (AvgIpc) is 3.49. The number of hydrogen-bond acceptors (Lipinski definition) is 8. The van der Waals surface area contributed by atoms with Crippen molar-refractivity contribution >= 4 is 30.1 Å². The highest BCUT2D eigenvalue weighted by atomic mass is 16.5. The Morgan fingerprint density at radius 1 is 1.32 bits per heavy atom. The zero-order valence-corrected chi connectivity index (χ0v) is 20.0. The van der Waals surface area contributed by atoms with E-state index in [4.69, 9.17) is 4.74 Å². The predicted molar refractivity (Wildman–Crippen MR) is 130 cm³/mol. The summed E-state index contributed by atoms with van der Waals surface area (Å²) in [5.74, 6) is 0.816. The minimum atomic E-state index is -0.703. The normalized spacial score (nSPS) is 16.4. The molecular formula is C23H31N7O4. The van der Waals surface area contributed by atoms with Gasteiger partial charge in [-0.1, -0.05) is 19.9 Å². The molecule has 3 amide bonds. The first-order valence-electron chi connectivity index (χ1n) is 10.8. The second kappa shape index (κ2) is 12.9. The monoisotopic (exact) mass is 469 g/mol. The van der Waals surface area contributed by atoms with Gasteiger partial charge in [0.15, 0.2) is 0 Å². The summed E-state index contributed by atoms with van der Waals surface area (Å²) in [7, 11) is 4.88. The number of hydrogen-bond donors (Lipinski definition) is 3. The van der Waals surface area contributed by atoms with Gasteiger partial charge >= 0.3 is 6.03 Å². The smallest absolute Gasteiger partial charge is 0.315 e. The highest BCUT2D eigenvalue weighted by molar-refractivity contribution is 5.98. The molecule has 34 heavy (non-hydrogen) atoms. The van der Waals surface area contributed by atoms with E-state index in [0.717, 1.165) is 22.6 Å². The Bertz CT molecular complexity index is 1000. The summed E-state index contributed by atoms with van der Waals surface area (Å²) < 4.78 is 5.05. The number of urea groups is 1. The van der Waals surface area contributed by atoms with Crippen LogP contribution in [0.5, 0.6) is 5.75 Å². The third-order valence-corrected chi connectivity index (χ3v) is 4.86. The number of methoxy groups -OCH3 is 1. The Morgan fingerprint density at radius 2 is 2.09 bits per heavy atom. The summed E-state index contributed by atoms with van der Waals surface area (Å²) in [4.78, 5) is 39.4. The van der Waals surface area contributed by atoms with E-state index in [2.05, 4.69) is 26.1 Å². The number of benzene rings is 1. The first kappa shape index (κ1) is 26.3. The minimum Gasteiger partial charge on any atom is -0.497 e. The molecule has 3 heterocycles. The van der Waals surface area contributed by atoms with Crippen molar-refractivity contribution in [2.75, 3.05) is 26.3 Å². The van der Waals surface area contributed by atoms with Crippen molar-refractivity contribution in [3.63, 3.8) is 0 Å². The SMILES string of the molecule is CC.CNC(=O)NC(C=O)C1C=NN(c2cccnc2)N1.COc1ccc2c(c1)C(=O)N(C)C2. The first-order chi connectivity index (χ1) is 16.5. The van der Waals surface area contributed by atoms with E-state index in [-0.39, 0.29) is 5.91 Å². The molecule has 2 unspecified atom stereocenters. The van der Waals surface area contributed by atoms with Crippen LogP contribution in [0.15, 0.2) is 47.8 Å². The molecule has 0 saturated carbocycles. The molecule has 0 aliphatic carbocycles. The van der Waals surface area contributed by atoms with Crippen LogP contribution in [0.3, 0.4) is 0 Å². The highest BCUT2D eigenvalue weighted by Crippen LogP contribution is 2.25. The molecule has 0 fully saturated rings. The molecule has 4 rings (SSSR count). The number of pyridine rings is 1. The van der Waals surface area contributed by atoms with E-state index in [9.17, 15) is 14.4 Å². The lowest BCUT2D eigenvalue weighted by atomic mass is 10.1. The third kappa shape index (κ3) is 6.51. The van der Waals surface area contributed by atoms with Crippen molar-refractivity contribution in [1.29, 1.82) is 0 Å². The number of fused-ring (bicyclic) bond motifs is 1. The molecule has 2 atom stereocenters. The van der Waals surface area contributed by atoms with Crippen molar-refractivity contribution in [1.82, 2.24) is 25.9 Å². The van der Waals surface area contributed by atoms with E-state index >= 15 is 0 Å². The molecule has 1 aromatic heterocycles. The number of ether oxygens (including phenoxy) is 1. The second-order valence-corrected chi connectivity index (χ2v) is 7.01. The van der Waals surface area contributed by atoms with Gasteiger partial charge in [0.05, 0.1) is 25.0 Å². The van der Waals surface area contributed by atoms with Crippen LogP contribution in [-0.4, -0.2) is 67.6 Å². The molecule has 0 spiro atoms. The summed E-state index contributed by atoms with van der Waals surface area (Å²) in [6, 6.07) is 7.68. The van der Waals surface area contributed by atoms with E-state index in [1.54, 1.807) is 49.8 Å². The summed E-state index contributed by atoms with van der Waals surface area (Å²) in [5, 5.41) is 10.5. The minimum absolute atomic E-state index is 0.0777. The Labute approximate surface area is 199 Å². The van der Waals surface area contributed by atoms with Crippen molar-refractivity contribution in [2.24, 2.45) is 5.10 Å². The topological polar surface area (TPSA) is 128 Å². The number of rotatable bonds is 5. The van der Waals surface area contributed by atoms with Gasteiger partial charge in [-0.3, -0.25) is 9.78 Å². The molecule has 11 nitrogen and oxygen atoms in total. The van der Waals surface area contributed by atoms with E-state index in [1.807, 2.05) is 32.0 Å². The van der Waals surface area contributed by atoms with E-state index < -0.39 is 18.1 Å². The van der Waals surface area contributed by atoms with Crippen LogP contribution in [0.1, 0.15) is 29.8 Å². The Hall–Kier alpha value is -3.99. The number of hydrazone groups is 1.